The number of thiazole rings is 1. The molecule has 2 heterocycles. The van der Waals surface area contributed by atoms with Crippen molar-refractivity contribution in [2.75, 3.05) is 18.2 Å². The number of methoxy groups -OCH3 is 1. The third-order valence-corrected chi connectivity index (χ3v) is 7.48. The van der Waals surface area contributed by atoms with E-state index in [4.69, 9.17) is 4.74 Å². The Kier molecular flexibility index (Phi) is 5.50. The molecule has 31 heavy (non-hydrogen) atoms. The first kappa shape index (κ1) is 21.0. The smallest absolute Gasteiger partial charge is 0.258 e. The van der Waals surface area contributed by atoms with Crippen molar-refractivity contribution in [3.05, 3.63) is 59.8 Å². The first-order valence-corrected chi connectivity index (χ1v) is 11.9. The van der Waals surface area contributed by atoms with E-state index >= 15 is 0 Å². The highest BCUT2D eigenvalue weighted by atomic mass is 32.2. The van der Waals surface area contributed by atoms with Crippen molar-refractivity contribution in [1.29, 1.82) is 0 Å². The molecule has 8 nitrogen and oxygen atoms in total. The molecule has 0 unspecified atom stereocenters. The van der Waals surface area contributed by atoms with Crippen LogP contribution < -0.4 is 10.1 Å². The fourth-order valence-electron chi connectivity index (χ4n) is 3.11. The molecule has 4 aromatic rings. The molecule has 0 spiro atoms. The van der Waals surface area contributed by atoms with Gasteiger partial charge in [-0.1, -0.05) is 30.4 Å². The SMILES string of the molecule is CCS(=O)(=O)c1ccccc1C(=O)Nc1cc(C)nn1-c1nc2cc(OC)ccc2s1. The van der Waals surface area contributed by atoms with E-state index in [1.807, 2.05) is 18.2 Å². The minimum atomic E-state index is -3.55. The number of nitrogens with one attached hydrogen (secondary N) is 1. The summed E-state index contributed by atoms with van der Waals surface area (Å²) in [6.07, 6.45) is 0. The summed E-state index contributed by atoms with van der Waals surface area (Å²) in [5.41, 5.74) is 1.52. The molecular formula is C21H20N4O4S2. The van der Waals surface area contributed by atoms with Crippen molar-refractivity contribution in [3.8, 4) is 10.9 Å². The second kappa shape index (κ2) is 8.12. The molecule has 0 bridgehead atoms. The Bertz CT molecular complexity index is 1390. The third kappa shape index (κ3) is 4.04. The Balaban J connectivity index is 1.72. The van der Waals surface area contributed by atoms with Crippen molar-refractivity contribution >= 4 is 43.1 Å². The molecule has 0 radical (unpaired) electrons. The van der Waals surface area contributed by atoms with Crippen LogP contribution in [-0.2, 0) is 9.84 Å². The van der Waals surface area contributed by atoms with E-state index in [1.54, 1.807) is 43.8 Å². The molecule has 0 aliphatic heterocycles. The maximum Gasteiger partial charge on any atom is 0.258 e. The van der Waals surface area contributed by atoms with Gasteiger partial charge in [0.1, 0.15) is 11.6 Å². The molecule has 0 aliphatic rings. The first-order chi connectivity index (χ1) is 14.8. The predicted molar refractivity (Wildman–Crippen MR) is 120 cm³/mol. The number of anilines is 1. The van der Waals surface area contributed by atoms with Gasteiger partial charge in [0.25, 0.3) is 5.91 Å². The molecule has 0 atom stereocenters. The van der Waals surface area contributed by atoms with Crippen LogP contribution in [0.25, 0.3) is 15.3 Å². The Hall–Kier alpha value is -3.24. The van der Waals surface area contributed by atoms with Crippen LogP contribution in [0, 0.1) is 6.92 Å². The van der Waals surface area contributed by atoms with Gasteiger partial charge < -0.3 is 10.1 Å². The summed E-state index contributed by atoms with van der Waals surface area (Å²) in [6.45, 7) is 3.35. The summed E-state index contributed by atoms with van der Waals surface area (Å²) in [4.78, 5) is 17.6. The van der Waals surface area contributed by atoms with Gasteiger partial charge in [-0.3, -0.25) is 4.79 Å². The summed E-state index contributed by atoms with van der Waals surface area (Å²) in [7, 11) is -1.96. The molecule has 10 heteroatoms. The Morgan fingerprint density at radius 3 is 2.71 bits per heavy atom. The third-order valence-electron chi connectivity index (χ3n) is 4.68. The van der Waals surface area contributed by atoms with E-state index in [0.717, 1.165) is 10.2 Å². The number of nitrogens with zero attached hydrogens (tertiary/aromatic N) is 3. The molecule has 0 saturated carbocycles. The van der Waals surface area contributed by atoms with Gasteiger partial charge in [-0.05, 0) is 31.2 Å². The van der Waals surface area contributed by atoms with Crippen LogP contribution in [-0.4, -0.2) is 42.0 Å². The summed E-state index contributed by atoms with van der Waals surface area (Å²) < 4.78 is 32.6. The number of carbonyl (C=O) groups excluding carboxylic acids is 1. The zero-order valence-electron chi connectivity index (χ0n) is 17.1. The van der Waals surface area contributed by atoms with Gasteiger partial charge in [0.15, 0.2) is 9.84 Å². The highest BCUT2D eigenvalue weighted by molar-refractivity contribution is 7.91. The molecule has 0 fully saturated rings. The summed E-state index contributed by atoms with van der Waals surface area (Å²) >= 11 is 1.42. The lowest BCUT2D eigenvalue weighted by atomic mass is 10.2. The van der Waals surface area contributed by atoms with E-state index < -0.39 is 15.7 Å². The van der Waals surface area contributed by atoms with Crippen LogP contribution in [0.1, 0.15) is 23.0 Å². The molecule has 2 aromatic carbocycles. The normalized spacial score (nSPS) is 11.6. The topological polar surface area (TPSA) is 103 Å². The van der Waals surface area contributed by atoms with Gasteiger partial charge in [0.2, 0.25) is 5.13 Å². The lowest BCUT2D eigenvalue weighted by Gasteiger charge is -2.10. The number of hydrogen-bond acceptors (Lipinski definition) is 7. The van der Waals surface area contributed by atoms with Crippen LogP contribution >= 0.6 is 11.3 Å². The minimum Gasteiger partial charge on any atom is -0.497 e. The molecule has 1 N–H and O–H groups in total. The quantitative estimate of drug-likeness (QED) is 0.473. The number of ether oxygens (including phenoxy) is 1. The largest absolute Gasteiger partial charge is 0.497 e. The average Bonchev–Trinajstić information content (AvgIpc) is 3.35. The van der Waals surface area contributed by atoms with Crippen LogP contribution in [0.3, 0.4) is 0 Å². The number of hydrogen-bond donors (Lipinski definition) is 1. The molecule has 160 valence electrons. The van der Waals surface area contributed by atoms with Gasteiger partial charge in [-0.25, -0.2) is 13.4 Å². The second-order valence-corrected chi connectivity index (χ2v) is 10.0. The minimum absolute atomic E-state index is 0.00451. The van der Waals surface area contributed by atoms with E-state index in [1.165, 1.54) is 23.5 Å². The second-order valence-electron chi connectivity index (χ2n) is 6.77. The lowest BCUT2D eigenvalue weighted by molar-refractivity contribution is 0.102. The van der Waals surface area contributed by atoms with Crippen LogP contribution in [0.15, 0.2) is 53.4 Å². The average molecular weight is 457 g/mol. The fourth-order valence-corrected chi connectivity index (χ4v) is 5.12. The summed E-state index contributed by atoms with van der Waals surface area (Å²) in [6, 6.07) is 13.5. The van der Waals surface area contributed by atoms with Crippen molar-refractivity contribution in [2.45, 2.75) is 18.7 Å². The Morgan fingerprint density at radius 2 is 1.97 bits per heavy atom. The van der Waals surface area contributed by atoms with Crippen molar-refractivity contribution in [3.63, 3.8) is 0 Å². The highest BCUT2D eigenvalue weighted by Gasteiger charge is 2.22. The molecule has 0 saturated heterocycles. The monoisotopic (exact) mass is 456 g/mol. The highest BCUT2D eigenvalue weighted by Crippen LogP contribution is 2.30. The Morgan fingerprint density at radius 1 is 1.19 bits per heavy atom. The van der Waals surface area contributed by atoms with Gasteiger partial charge in [-0.15, -0.1) is 0 Å². The maximum absolute atomic E-state index is 13.0. The van der Waals surface area contributed by atoms with E-state index in [2.05, 4.69) is 15.4 Å². The van der Waals surface area contributed by atoms with Crippen LogP contribution in [0.2, 0.25) is 0 Å². The summed E-state index contributed by atoms with van der Waals surface area (Å²) in [5.74, 6) is 0.473. The molecular weight excluding hydrogens is 436 g/mol. The number of amides is 1. The van der Waals surface area contributed by atoms with Gasteiger partial charge in [0.05, 0.1) is 39.2 Å². The van der Waals surface area contributed by atoms with Gasteiger partial charge in [0, 0.05) is 12.1 Å². The molecule has 1 amide bonds. The van der Waals surface area contributed by atoms with Gasteiger partial charge >= 0.3 is 0 Å². The maximum atomic E-state index is 13.0. The first-order valence-electron chi connectivity index (χ1n) is 9.47. The fraction of sp³-hybridized carbons (Fsp3) is 0.190. The van der Waals surface area contributed by atoms with E-state index in [0.29, 0.717) is 22.4 Å². The number of benzene rings is 2. The molecule has 0 aliphatic carbocycles. The Labute approximate surface area is 183 Å². The van der Waals surface area contributed by atoms with E-state index in [9.17, 15) is 13.2 Å². The number of aryl methyl sites for hydroxylation is 1. The summed E-state index contributed by atoms with van der Waals surface area (Å²) in [5, 5.41) is 7.81. The number of aromatic nitrogens is 3. The van der Waals surface area contributed by atoms with Crippen LogP contribution in [0.5, 0.6) is 5.75 Å². The van der Waals surface area contributed by atoms with Gasteiger partial charge in [-0.2, -0.15) is 9.78 Å². The zero-order valence-corrected chi connectivity index (χ0v) is 18.8. The number of rotatable bonds is 6. The molecule has 2 aromatic heterocycles. The van der Waals surface area contributed by atoms with E-state index in [-0.39, 0.29) is 16.2 Å². The number of fused-ring (bicyclic) bond motifs is 1. The van der Waals surface area contributed by atoms with Crippen molar-refractivity contribution in [2.24, 2.45) is 0 Å². The predicted octanol–water partition coefficient (Wildman–Crippen LogP) is 3.84. The van der Waals surface area contributed by atoms with Crippen LogP contribution in [0.4, 0.5) is 5.82 Å². The zero-order chi connectivity index (χ0) is 22.2. The number of carbonyl (C=O) groups is 1. The standard InChI is InChI=1S/C21H20N4O4S2/c1-4-31(27,28)18-8-6-5-7-15(18)20(26)23-19-11-13(2)24-25(19)21-22-16-12-14(29-3)9-10-17(16)30-21/h5-12H,4H2,1-3H3,(H,23,26). The number of sulfone groups is 1. The lowest BCUT2D eigenvalue weighted by Crippen LogP contribution is -2.19. The van der Waals surface area contributed by atoms with Crippen molar-refractivity contribution < 1.29 is 17.9 Å². The molecule has 4 rings (SSSR count). The van der Waals surface area contributed by atoms with Crippen molar-refractivity contribution in [1.82, 2.24) is 14.8 Å².